The lowest BCUT2D eigenvalue weighted by atomic mass is 10.2. The number of H-pyrrole nitrogens is 1. The molecule has 0 aliphatic carbocycles. The molecule has 0 aliphatic rings. The summed E-state index contributed by atoms with van der Waals surface area (Å²) >= 11 is 1.59. The molecular weight excluding hydrogens is 306 g/mol. The highest BCUT2D eigenvalue weighted by molar-refractivity contribution is 7.98. The van der Waals surface area contributed by atoms with Crippen LogP contribution in [0.4, 0.5) is 0 Å². The van der Waals surface area contributed by atoms with Crippen LogP contribution in [0.5, 0.6) is 5.75 Å². The molecule has 0 saturated heterocycles. The van der Waals surface area contributed by atoms with Gasteiger partial charge in [0.05, 0.1) is 7.11 Å². The monoisotopic (exact) mass is 323 g/mol. The molecule has 0 spiro atoms. The summed E-state index contributed by atoms with van der Waals surface area (Å²) < 4.78 is 5.23. The number of benzene rings is 2. The van der Waals surface area contributed by atoms with Crippen LogP contribution in [0, 0.1) is 0 Å². The molecule has 116 valence electrons. The topological polar surface area (TPSA) is 50.8 Å². The third-order valence-corrected chi connectivity index (χ3v) is 4.14. The molecule has 0 unspecified atom stereocenters. The first-order valence-electron chi connectivity index (χ1n) is 7.25. The Morgan fingerprint density at radius 2 is 1.96 bits per heavy atom. The van der Waals surface area contributed by atoms with Crippen LogP contribution >= 0.6 is 11.8 Å². The average Bonchev–Trinajstić information content (AvgIpc) is 3.07. The zero-order valence-electron chi connectivity index (χ0n) is 12.8. The first-order chi connectivity index (χ1) is 11.3. The van der Waals surface area contributed by atoms with Gasteiger partial charge < -0.3 is 4.74 Å². The molecule has 1 aromatic heterocycles. The van der Waals surface area contributed by atoms with Crippen molar-refractivity contribution in [2.45, 2.75) is 10.9 Å². The van der Waals surface area contributed by atoms with Crippen molar-refractivity contribution in [1.29, 1.82) is 0 Å². The first-order valence-corrected chi connectivity index (χ1v) is 8.23. The first kappa shape index (κ1) is 15.4. The fourth-order valence-electron chi connectivity index (χ4n) is 2.05. The Hall–Kier alpha value is -2.53. The van der Waals surface area contributed by atoms with Crippen molar-refractivity contribution in [1.82, 2.24) is 15.2 Å². The van der Waals surface area contributed by atoms with E-state index in [9.17, 15) is 0 Å². The van der Waals surface area contributed by atoms with E-state index in [-0.39, 0.29) is 0 Å². The molecule has 4 nitrogen and oxygen atoms in total. The number of nitrogens with zero attached hydrogens (tertiary/aromatic N) is 2. The van der Waals surface area contributed by atoms with E-state index in [2.05, 4.69) is 21.2 Å². The van der Waals surface area contributed by atoms with Crippen LogP contribution in [-0.4, -0.2) is 22.3 Å². The van der Waals surface area contributed by atoms with Gasteiger partial charge in [0, 0.05) is 5.75 Å². The predicted molar refractivity (Wildman–Crippen MR) is 94.3 cm³/mol. The fraction of sp³-hybridized carbons (Fsp3) is 0.111. The minimum Gasteiger partial charge on any atom is -0.497 e. The lowest BCUT2D eigenvalue weighted by Crippen LogP contribution is -1.86. The smallest absolute Gasteiger partial charge is 0.209 e. The largest absolute Gasteiger partial charge is 0.497 e. The zero-order valence-corrected chi connectivity index (χ0v) is 13.6. The summed E-state index contributed by atoms with van der Waals surface area (Å²) in [5, 5.41) is 7.91. The molecule has 1 heterocycles. The number of nitrogens with one attached hydrogen (secondary N) is 1. The standard InChI is InChI=1S/C18H17N3OS/c1-22-16-9-5-8-15(12-16)13-23-18-19-17(20-21-18)11-10-14-6-3-2-4-7-14/h2-12H,13H2,1H3,(H,19,20,21)/b11-10+. The summed E-state index contributed by atoms with van der Waals surface area (Å²) in [4.78, 5) is 4.46. The lowest BCUT2D eigenvalue weighted by Gasteiger charge is -2.02. The van der Waals surface area contributed by atoms with E-state index in [0.717, 1.165) is 28.0 Å². The number of rotatable bonds is 6. The van der Waals surface area contributed by atoms with Crippen LogP contribution in [0.25, 0.3) is 12.2 Å². The molecule has 3 aromatic rings. The van der Waals surface area contributed by atoms with Gasteiger partial charge in [0.2, 0.25) is 5.16 Å². The average molecular weight is 323 g/mol. The Labute approximate surface area is 139 Å². The maximum absolute atomic E-state index is 5.23. The second-order valence-electron chi connectivity index (χ2n) is 4.89. The second-order valence-corrected chi connectivity index (χ2v) is 5.83. The Morgan fingerprint density at radius 3 is 2.78 bits per heavy atom. The Morgan fingerprint density at radius 1 is 1.09 bits per heavy atom. The Balaban J connectivity index is 1.60. The lowest BCUT2D eigenvalue weighted by molar-refractivity contribution is 0.414. The molecule has 5 heteroatoms. The van der Waals surface area contributed by atoms with Crippen molar-refractivity contribution in [2.75, 3.05) is 7.11 Å². The summed E-state index contributed by atoms with van der Waals surface area (Å²) in [5.74, 6) is 2.42. The highest BCUT2D eigenvalue weighted by Gasteiger charge is 2.03. The summed E-state index contributed by atoms with van der Waals surface area (Å²) in [6.07, 6.45) is 3.94. The Kier molecular flexibility index (Phi) is 5.11. The number of hydrogen-bond acceptors (Lipinski definition) is 4. The van der Waals surface area contributed by atoms with E-state index in [4.69, 9.17) is 4.74 Å². The van der Waals surface area contributed by atoms with E-state index in [1.807, 2.05) is 60.7 Å². The van der Waals surface area contributed by atoms with Crippen LogP contribution < -0.4 is 4.74 Å². The van der Waals surface area contributed by atoms with Gasteiger partial charge in [-0.15, -0.1) is 5.10 Å². The van der Waals surface area contributed by atoms with Crippen LogP contribution in [-0.2, 0) is 5.75 Å². The minimum absolute atomic E-state index is 0.737. The highest BCUT2D eigenvalue weighted by Crippen LogP contribution is 2.22. The summed E-state index contributed by atoms with van der Waals surface area (Å²) in [5.41, 5.74) is 2.31. The number of aromatic nitrogens is 3. The fourth-order valence-corrected chi connectivity index (χ4v) is 2.80. The van der Waals surface area contributed by atoms with Gasteiger partial charge in [-0.25, -0.2) is 4.98 Å². The van der Waals surface area contributed by atoms with Gasteiger partial charge in [0.15, 0.2) is 0 Å². The molecule has 3 rings (SSSR count). The van der Waals surface area contributed by atoms with Crippen molar-refractivity contribution >= 4 is 23.9 Å². The van der Waals surface area contributed by atoms with E-state index >= 15 is 0 Å². The quantitative estimate of drug-likeness (QED) is 0.688. The molecule has 0 amide bonds. The van der Waals surface area contributed by atoms with Crippen molar-refractivity contribution in [3.8, 4) is 5.75 Å². The molecule has 0 fully saturated rings. The zero-order chi connectivity index (χ0) is 15.9. The number of hydrogen-bond donors (Lipinski definition) is 1. The van der Waals surface area contributed by atoms with Gasteiger partial charge in [-0.3, -0.25) is 5.10 Å². The van der Waals surface area contributed by atoms with Gasteiger partial charge in [-0.05, 0) is 29.3 Å². The molecule has 1 N–H and O–H groups in total. The van der Waals surface area contributed by atoms with Crippen molar-refractivity contribution in [3.05, 3.63) is 71.5 Å². The van der Waals surface area contributed by atoms with Crippen LogP contribution in [0.1, 0.15) is 17.0 Å². The van der Waals surface area contributed by atoms with Crippen LogP contribution in [0.15, 0.2) is 59.8 Å². The van der Waals surface area contributed by atoms with Crippen molar-refractivity contribution in [3.63, 3.8) is 0 Å². The van der Waals surface area contributed by atoms with E-state index in [1.165, 1.54) is 5.56 Å². The molecule has 0 aliphatic heterocycles. The third kappa shape index (κ3) is 4.47. The maximum atomic E-state index is 5.23. The highest BCUT2D eigenvalue weighted by atomic mass is 32.2. The maximum Gasteiger partial charge on any atom is 0.209 e. The minimum atomic E-state index is 0.737. The summed E-state index contributed by atoms with van der Waals surface area (Å²) in [6, 6.07) is 18.1. The second kappa shape index (κ2) is 7.65. The van der Waals surface area contributed by atoms with Crippen LogP contribution in [0.2, 0.25) is 0 Å². The summed E-state index contributed by atoms with van der Waals surface area (Å²) in [7, 11) is 1.67. The predicted octanol–water partition coefficient (Wildman–Crippen LogP) is 4.28. The van der Waals surface area contributed by atoms with Crippen LogP contribution in [0.3, 0.4) is 0 Å². The number of thioether (sulfide) groups is 1. The van der Waals surface area contributed by atoms with Gasteiger partial charge in [0.25, 0.3) is 0 Å². The number of aromatic amines is 1. The molecule has 0 saturated carbocycles. The number of ether oxygens (including phenoxy) is 1. The van der Waals surface area contributed by atoms with Gasteiger partial charge in [-0.1, -0.05) is 60.3 Å². The Bertz CT molecular complexity index is 784. The van der Waals surface area contributed by atoms with E-state index in [0.29, 0.717) is 0 Å². The normalized spacial score (nSPS) is 11.0. The van der Waals surface area contributed by atoms with E-state index < -0.39 is 0 Å². The number of methoxy groups -OCH3 is 1. The summed E-state index contributed by atoms with van der Waals surface area (Å²) in [6.45, 7) is 0. The van der Waals surface area contributed by atoms with Gasteiger partial charge >= 0.3 is 0 Å². The van der Waals surface area contributed by atoms with Gasteiger partial charge in [0.1, 0.15) is 11.6 Å². The molecule has 0 bridgehead atoms. The third-order valence-electron chi connectivity index (χ3n) is 3.22. The molecule has 0 atom stereocenters. The molecule has 0 radical (unpaired) electrons. The molecule has 23 heavy (non-hydrogen) atoms. The SMILES string of the molecule is COc1cccc(CSc2n[nH]c(/C=C/c3ccccc3)n2)c1. The van der Waals surface area contributed by atoms with Gasteiger partial charge in [-0.2, -0.15) is 0 Å². The molecule has 2 aromatic carbocycles. The van der Waals surface area contributed by atoms with Crippen molar-refractivity contribution < 1.29 is 4.74 Å². The molecular formula is C18H17N3OS. The van der Waals surface area contributed by atoms with E-state index in [1.54, 1.807) is 18.9 Å². The van der Waals surface area contributed by atoms with Crippen molar-refractivity contribution in [2.24, 2.45) is 0 Å².